The maximum absolute atomic E-state index is 9.47. The standard InChI is InChI=1S/C14H22O3/c1-4-12(15)7-5-6-11-8-9-13(16-2)14(10-11)17-3/h8-10,12,15H,4-7H2,1-3H3. The third-order valence-corrected chi connectivity index (χ3v) is 2.92. The van der Waals surface area contributed by atoms with Crippen molar-refractivity contribution in [2.24, 2.45) is 0 Å². The van der Waals surface area contributed by atoms with Crippen LogP contribution in [0.15, 0.2) is 18.2 Å². The van der Waals surface area contributed by atoms with E-state index >= 15 is 0 Å². The van der Waals surface area contributed by atoms with Gasteiger partial charge in [0.15, 0.2) is 11.5 Å². The van der Waals surface area contributed by atoms with Gasteiger partial charge < -0.3 is 14.6 Å². The molecule has 0 bridgehead atoms. The highest BCUT2D eigenvalue weighted by Crippen LogP contribution is 2.28. The lowest BCUT2D eigenvalue weighted by Gasteiger charge is -2.10. The van der Waals surface area contributed by atoms with Crippen LogP contribution in [0.1, 0.15) is 31.7 Å². The quantitative estimate of drug-likeness (QED) is 0.794. The van der Waals surface area contributed by atoms with E-state index in [1.54, 1.807) is 14.2 Å². The van der Waals surface area contributed by atoms with Gasteiger partial charge in [-0.05, 0) is 43.4 Å². The van der Waals surface area contributed by atoms with Crippen molar-refractivity contribution in [2.45, 2.75) is 38.7 Å². The highest BCUT2D eigenvalue weighted by molar-refractivity contribution is 5.42. The Kier molecular flexibility index (Phi) is 5.84. The number of hydrogen-bond acceptors (Lipinski definition) is 3. The fourth-order valence-electron chi connectivity index (χ4n) is 1.78. The lowest BCUT2D eigenvalue weighted by atomic mass is 10.0. The highest BCUT2D eigenvalue weighted by atomic mass is 16.5. The molecule has 0 aliphatic carbocycles. The minimum absolute atomic E-state index is 0.171. The molecule has 1 N–H and O–H groups in total. The molecule has 0 radical (unpaired) electrons. The van der Waals surface area contributed by atoms with Crippen LogP contribution in [-0.2, 0) is 6.42 Å². The summed E-state index contributed by atoms with van der Waals surface area (Å²) in [6.45, 7) is 2.00. The SMILES string of the molecule is CCC(O)CCCc1ccc(OC)c(OC)c1. The Hall–Kier alpha value is -1.22. The maximum atomic E-state index is 9.47. The molecule has 1 aromatic rings. The second kappa shape index (κ2) is 7.17. The molecule has 0 aromatic heterocycles. The largest absolute Gasteiger partial charge is 0.493 e. The zero-order valence-electron chi connectivity index (χ0n) is 10.9. The summed E-state index contributed by atoms with van der Waals surface area (Å²) in [5.41, 5.74) is 1.21. The first kappa shape index (κ1) is 13.8. The first-order valence-electron chi connectivity index (χ1n) is 6.10. The van der Waals surface area contributed by atoms with E-state index in [0.29, 0.717) is 0 Å². The van der Waals surface area contributed by atoms with Crippen molar-refractivity contribution >= 4 is 0 Å². The van der Waals surface area contributed by atoms with Crippen molar-refractivity contribution in [1.82, 2.24) is 0 Å². The summed E-state index contributed by atoms with van der Waals surface area (Å²) in [5, 5.41) is 9.47. The van der Waals surface area contributed by atoms with E-state index in [1.165, 1.54) is 5.56 Å². The Labute approximate surface area is 103 Å². The van der Waals surface area contributed by atoms with Gasteiger partial charge >= 0.3 is 0 Å². The van der Waals surface area contributed by atoms with Gasteiger partial charge in [-0.15, -0.1) is 0 Å². The average molecular weight is 238 g/mol. The number of rotatable bonds is 7. The third-order valence-electron chi connectivity index (χ3n) is 2.92. The van der Waals surface area contributed by atoms with E-state index in [2.05, 4.69) is 0 Å². The Morgan fingerprint density at radius 1 is 1.18 bits per heavy atom. The molecule has 3 heteroatoms. The van der Waals surface area contributed by atoms with E-state index in [9.17, 15) is 5.11 Å². The molecule has 0 fully saturated rings. The molecule has 1 rings (SSSR count). The summed E-state index contributed by atoms with van der Waals surface area (Å²) in [6, 6.07) is 5.96. The molecule has 1 atom stereocenters. The Morgan fingerprint density at radius 2 is 1.88 bits per heavy atom. The Balaban J connectivity index is 2.54. The van der Waals surface area contributed by atoms with E-state index in [0.717, 1.165) is 37.2 Å². The van der Waals surface area contributed by atoms with Gasteiger partial charge in [0.25, 0.3) is 0 Å². The monoisotopic (exact) mass is 238 g/mol. The number of aryl methyl sites for hydroxylation is 1. The predicted molar refractivity (Wildman–Crippen MR) is 68.8 cm³/mol. The number of methoxy groups -OCH3 is 2. The van der Waals surface area contributed by atoms with Crippen LogP contribution in [0.25, 0.3) is 0 Å². The molecule has 3 nitrogen and oxygen atoms in total. The highest BCUT2D eigenvalue weighted by Gasteiger charge is 2.05. The molecule has 1 aromatic carbocycles. The normalized spacial score (nSPS) is 12.2. The Morgan fingerprint density at radius 3 is 2.47 bits per heavy atom. The molecule has 0 aliphatic heterocycles. The molecular formula is C14H22O3. The number of aliphatic hydroxyl groups excluding tert-OH is 1. The van der Waals surface area contributed by atoms with Crippen LogP contribution in [0, 0.1) is 0 Å². The molecule has 1 unspecified atom stereocenters. The lowest BCUT2D eigenvalue weighted by Crippen LogP contribution is -2.04. The predicted octanol–water partition coefficient (Wildman–Crippen LogP) is 2.80. The summed E-state index contributed by atoms with van der Waals surface area (Å²) in [7, 11) is 3.28. The second-order valence-electron chi connectivity index (χ2n) is 4.14. The minimum atomic E-state index is -0.171. The molecule has 0 heterocycles. The van der Waals surface area contributed by atoms with Crippen molar-refractivity contribution in [3.63, 3.8) is 0 Å². The van der Waals surface area contributed by atoms with Gasteiger partial charge in [-0.2, -0.15) is 0 Å². The van der Waals surface area contributed by atoms with Crippen LogP contribution in [0.5, 0.6) is 11.5 Å². The van der Waals surface area contributed by atoms with Gasteiger partial charge in [0.05, 0.1) is 20.3 Å². The van der Waals surface area contributed by atoms with Crippen molar-refractivity contribution in [3.8, 4) is 11.5 Å². The number of aliphatic hydroxyl groups is 1. The smallest absolute Gasteiger partial charge is 0.160 e. The first-order chi connectivity index (χ1) is 8.21. The van der Waals surface area contributed by atoms with Crippen molar-refractivity contribution < 1.29 is 14.6 Å². The number of hydrogen-bond donors (Lipinski definition) is 1. The van der Waals surface area contributed by atoms with E-state index in [4.69, 9.17) is 9.47 Å². The van der Waals surface area contributed by atoms with Gasteiger partial charge in [0, 0.05) is 0 Å². The summed E-state index contributed by atoms with van der Waals surface area (Å²) in [4.78, 5) is 0. The zero-order chi connectivity index (χ0) is 12.7. The molecule has 0 saturated heterocycles. The summed E-state index contributed by atoms with van der Waals surface area (Å²) in [6.07, 6.45) is 3.45. The summed E-state index contributed by atoms with van der Waals surface area (Å²) < 4.78 is 10.4. The fourth-order valence-corrected chi connectivity index (χ4v) is 1.78. The Bertz CT molecular complexity index is 336. The van der Waals surface area contributed by atoms with Crippen molar-refractivity contribution in [1.29, 1.82) is 0 Å². The van der Waals surface area contributed by atoms with Crippen LogP contribution in [0.2, 0.25) is 0 Å². The van der Waals surface area contributed by atoms with E-state index in [-0.39, 0.29) is 6.10 Å². The minimum Gasteiger partial charge on any atom is -0.493 e. The average Bonchev–Trinajstić information content (AvgIpc) is 2.38. The molecule has 0 saturated carbocycles. The number of benzene rings is 1. The van der Waals surface area contributed by atoms with Gasteiger partial charge in [0.1, 0.15) is 0 Å². The van der Waals surface area contributed by atoms with Gasteiger partial charge in [-0.25, -0.2) is 0 Å². The zero-order valence-corrected chi connectivity index (χ0v) is 10.9. The third kappa shape index (κ3) is 4.27. The first-order valence-corrected chi connectivity index (χ1v) is 6.10. The molecule has 17 heavy (non-hydrogen) atoms. The molecule has 0 aliphatic rings. The number of ether oxygens (including phenoxy) is 2. The van der Waals surface area contributed by atoms with Gasteiger partial charge in [-0.3, -0.25) is 0 Å². The van der Waals surface area contributed by atoms with Crippen LogP contribution in [-0.4, -0.2) is 25.4 Å². The fraction of sp³-hybridized carbons (Fsp3) is 0.571. The summed E-state index contributed by atoms with van der Waals surface area (Å²) in [5.74, 6) is 1.52. The van der Waals surface area contributed by atoms with Gasteiger partial charge in [-0.1, -0.05) is 13.0 Å². The van der Waals surface area contributed by atoms with Crippen molar-refractivity contribution in [3.05, 3.63) is 23.8 Å². The topological polar surface area (TPSA) is 38.7 Å². The van der Waals surface area contributed by atoms with E-state index in [1.807, 2.05) is 25.1 Å². The maximum Gasteiger partial charge on any atom is 0.160 e. The molecule has 0 amide bonds. The second-order valence-corrected chi connectivity index (χ2v) is 4.14. The summed E-state index contributed by atoms with van der Waals surface area (Å²) >= 11 is 0. The van der Waals surface area contributed by atoms with Crippen LogP contribution < -0.4 is 9.47 Å². The van der Waals surface area contributed by atoms with Crippen LogP contribution in [0.3, 0.4) is 0 Å². The van der Waals surface area contributed by atoms with Gasteiger partial charge in [0.2, 0.25) is 0 Å². The van der Waals surface area contributed by atoms with Crippen LogP contribution in [0.4, 0.5) is 0 Å². The molecule has 96 valence electrons. The molecule has 0 spiro atoms. The molecular weight excluding hydrogens is 216 g/mol. The lowest BCUT2D eigenvalue weighted by molar-refractivity contribution is 0.158. The van der Waals surface area contributed by atoms with E-state index < -0.39 is 0 Å². The van der Waals surface area contributed by atoms with Crippen molar-refractivity contribution in [2.75, 3.05) is 14.2 Å². The van der Waals surface area contributed by atoms with Crippen LogP contribution >= 0.6 is 0 Å².